The molecule has 0 radical (unpaired) electrons. The van der Waals surface area contributed by atoms with Gasteiger partial charge < -0.3 is 0 Å². The zero-order valence-electron chi connectivity index (χ0n) is 7.24. The van der Waals surface area contributed by atoms with E-state index < -0.39 is 0 Å². The van der Waals surface area contributed by atoms with Crippen molar-refractivity contribution in [1.82, 2.24) is 0 Å². The molecule has 0 N–H and O–H groups in total. The van der Waals surface area contributed by atoms with Gasteiger partial charge in [0.05, 0.1) is 0 Å². The summed E-state index contributed by atoms with van der Waals surface area (Å²) in [5, 5.41) is 0. The fraction of sp³-hybridized carbons (Fsp3) is 0.500. The molecular weight excluding hydrogens is 136 g/mol. The van der Waals surface area contributed by atoms with Crippen LogP contribution in [0.1, 0.15) is 33.1 Å². The van der Waals surface area contributed by atoms with E-state index in [2.05, 4.69) is 6.58 Å². The Morgan fingerprint density at radius 1 is 1.36 bits per heavy atom. The van der Waals surface area contributed by atoms with E-state index in [1.54, 1.807) is 0 Å². The van der Waals surface area contributed by atoms with Gasteiger partial charge in [-0.25, -0.2) is 0 Å². The summed E-state index contributed by atoms with van der Waals surface area (Å²) in [6.45, 7) is 7.76. The lowest BCUT2D eigenvalue weighted by atomic mass is 10.0. The van der Waals surface area contributed by atoms with Crippen molar-refractivity contribution in [1.29, 1.82) is 0 Å². The van der Waals surface area contributed by atoms with Gasteiger partial charge in [0, 0.05) is 6.42 Å². The molecule has 0 amide bonds. The Bertz CT molecular complexity index is 233. The number of rotatable bonds is 1. The summed E-state index contributed by atoms with van der Waals surface area (Å²) in [5.41, 5.74) is 3.14. The van der Waals surface area contributed by atoms with E-state index in [1.807, 2.05) is 13.8 Å². The van der Waals surface area contributed by atoms with Crippen molar-refractivity contribution in [2.75, 3.05) is 0 Å². The average molecular weight is 150 g/mol. The minimum Gasteiger partial charge on any atom is -0.295 e. The van der Waals surface area contributed by atoms with Gasteiger partial charge in [-0.1, -0.05) is 12.2 Å². The van der Waals surface area contributed by atoms with Crippen LogP contribution >= 0.6 is 0 Å². The Balaban J connectivity index is 2.94. The summed E-state index contributed by atoms with van der Waals surface area (Å²) < 4.78 is 0. The van der Waals surface area contributed by atoms with Crippen LogP contribution in [0.4, 0.5) is 0 Å². The van der Waals surface area contributed by atoms with Gasteiger partial charge in [-0.05, 0) is 37.8 Å². The number of ketones is 1. The zero-order valence-corrected chi connectivity index (χ0v) is 7.24. The number of carbonyl (C=O) groups excluding carboxylic acids is 1. The molecule has 1 fully saturated rings. The van der Waals surface area contributed by atoms with Crippen LogP contribution in [0.2, 0.25) is 0 Å². The molecule has 0 aromatic rings. The van der Waals surface area contributed by atoms with Crippen LogP contribution < -0.4 is 0 Å². The predicted molar refractivity (Wildman–Crippen MR) is 46.4 cm³/mol. The van der Waals surface area contributed by atoms with Crippen molar-refractivity contribution < 1.29 is 4.79 Å². The summed E-state index contributed by atoms with van der Waals surface area (Å²) >= 11 is 0. The van der Waals surface area contributed by atoms with Gasteiger partial charge in [0.2, 0.25) is 0 Å². The third-order valence-corrected chi connectivity index (χ3v) is 2.26. The fourth-order valence-corrected chi connectivity index (χ4v) is 1.37. The highest BCUT2D eigenvalue weighted by atomic mass is 16.1. The van der Waals surface area contributed by atoms with Gasteiger partial charge in [0.1, 0.15) is 0 Å². The van der Waals surface area contributed by atoms with E-state index in [9.17, 15) is 4.79 Å². The van der Waals surface area contributed by atoms with Gasteiger partial charge >= 0.3 is 0 Å². The normalized spacial score (nSPS) is 22.2. The van der Waals surface area contributed by atoms with Crippen LogP contribution in [-0.2, 0) is 4.79 Å². The number of hydrogen-bond acceptors (Lipinski definition) is 1. The summed E-state index contributed by atoms with van der Waals surface area (Å²) in [5.74, 6) is 0.325. The first-order valence-corrected chi connectivity index (χ1v) is 4.01. The Labute approximate surface area is 67.8 Å². The molecule has 0 aromatic carbocycles. The topological polar surface area (TPSA) is 17.1 Å². The molecule has 1 heteroatoms. The first kappa shape index (κ1) is 8.25. The zero-order chi connectivity index (χ0) is 8.43. The quantitative estimate of drug-likeness (QED) is 0.525. The molecule has 0 unspecified atom stereocenters. The highest BCUT2D eigenvalue weighted by Crippen LogP contribution is 2.26. The van der Waals surface area contributed by atoms with E-state index in [4.69, 9.17) is 0 Å². The Morgan fingerprint density at radius 3 is 2.36 bits per heavy atom. The minimum absolute atomic E-state index is 0.325. The van der Waals surface area contributed by atoms with Crippen LogP contribution in [0.3, 0.4) is 0 Å². The van der Waals surface area contributed by atoms with Crippen molar-refractivity contribution in [3.63, 3.8) is 0 Å². The van der Waals surface area contributed by atoms with Gasteiger partial charge in [-0.3, -0.25) is 4.79 Å². The van der Waals surface area contributed by atoms with Crippen molar-refractivity contribution >= 4 is 5.78 Å². The van der Waals surface area contributed by atoms with Crippen LogP contribution in [0.25, 0.3) is 0 Å². The lowest BCUT2D eigenvalue weighted by Crippen LogP contribution is -1.95. The molecule has 1 nitrogen and oxygen atoms in total. The first-order chi connectivity index (χ1) is 5.13. The molecule has 1 saturated carbocycles. The maximum atomic E-state index is 11.2. The van der Waals surface area contributed by atoms with Crippen molar-refractivity contribution in [3.8, 4) is 0 Å². The second kappa shape index (κ2) is 3.04. The Kier molecular flexibility index (Phi) is 2.28. The summed E-state index contributed by atoms with van der Waals surface area (Å²) in [6, 6.07) is 0. The maximum absolute atomic E-state index is 11.2. The molecule has 0 heterocycles. The molecule has 1 aliphatic carbocycles. The third-order valence-electron chi connectivity index (χ3n) is 2.26. The van der Waals surface area contributed by atoms with Crippen LogP contribution in [0, 0.1) is 0 Å². The van der Waals surface area contributed by atoms with Gasteiger partial charge in [0.25, 0.3) is 0 Å². The largest absolute Gasteiger partial charge is 0.295 e. The average Bonchev–Trinajstić information content (AvgIpc) is 2.33. The van der Waals surface area contributed by atoms with Crippen molar-refractivity contribution in [3.05, 3.63) is 23.3 Å². The van der Waals surface area contributed by atoms with Gasteiger partial charge in [0.15, 0.2) is 5.78 Å². The fourth-order valence-electron chi connectivity index (χ4n) is 1.37. The molecule has 0 atom stereocenters. The highest BCUT2D eigenvalue weighted by molar-refractivity contribution is 5.98. The molecule has 0 spiro atoms. The van der Waals surface area contributed by atoms with E-state index >= 15 is 0 Å². The maximum Gasteiger partial charge on any atom is 0.159 e. The molecule has 60 valence electrons. The first-order valence-electron chi connectivity index (χ1n) is 4.01. The lowest BCUT2D eigenvalue weighted by Gasteiger charge is -2.02. The Morgan fingerprint density at radius 2 is 2.00 bits per heavy atom. The van der Waals surface area contributed by atoms with E-state index in [-0.39, 0.29) is 0 Å². The minimum atomic E-state index is 0.325. The molecule has 0 bridgehead atoms. The predicted octanol–water partition coefficient (Wildman–Crippen LogP) is 2.63. The van der Waals surface area contributed by atoms with Crippen molar-refractivity contribution in [2.45, 2.75) is 33.1 Å². The SMILES string of the molecule is C=C(C)/C(C)=C1\CCCC1=O. The molecule has 1 rings (SSSR count). The van der Waals surface area contributed by atoms with E-state index in [0.29, 0.717) is 5.78 Å². The van der Waals surface area contributed by atoms with Crippen LogP contribution in [0.5, 0.6) is 0 Å². The van der Waals surface area contributed by atoms with Crippen LogP contribution in [-0.4, -0.2) is 5.78 Å². The number of Topliss-reactive ketones (excluding diaryl/α,β-unsaturated/α-hetero) is 1. The molecule has 0 aliphatic heterocycles. The summed E-state index contributed by atoms with van der Waals surface area (Å²) in [4.78, 5) is 11.2. The second-order valence-corrected chi connectivity index (χ2v) is 3.16. The van der Waals surface area contributed by atoms with E-state index in [0.717, 1.165) is 36.0 Å². The second-order valence-electron chi connectivity index (χ2n) is 3.16. The van der Waals surface area contributed by atoms with Gasteiger partial charge in [-0.15, -0.1) is 0 Å². The number of carbonyl (C=O) groups is 1. The third kappa shape index (κ3) is 1.59. The highest BCUT2D eigenvalue weighted by Gasteiger charge is 2.18. The van der Waals surface area contributed by atoms with Crippen LogP contribution in [0.15, 0.2) is 23.3 Å². The van der Waals surface area contributed by atoms with Gasteiger partial charge in [-0.2, -0.15) is 0 Å². The lowest BCUT2D eigenvalue weighted by molar-refractivity contribution is -0.114. The number of hydrogen-bond donors (Lipinski definition) is 0. The molecular formula is C10H14O. The number of allylic oxidation sites excluding steroid dienone is 3. The Hall–Kier alpha value is -0.850. The summed E-state index contributed by atoms with van der Waals surface area (Å²) in [6.07, 6.45) is 2.72. The van der Waals surface area contributed by atoms with E-state index in [1.165, 1.54) is 0 Å². The van der Waals surface area contributed by atoms with Crippen molar-refractivity contribution in [2.24, 2.45) is 0 Å². The summed E-state index contributed by atoms with van der Waals surface area (Å²) in [7, 11) is 0. The molecule has 11 heavy (non-hydrogen) atoms. The molecule has 1 aliphatic rings. The smallest absolute Gasteiger partial charge is 0.159 e. The molecule has 0 saturated heterocycles. The molecule has 0 aromatic heterocycles. The monoisotopic (exact) mass is 150 g/mol. The standard InChI is InChI=1S/C10H14O/c1-7(2)8(3)9-5-4-6-10(9)11/h1,4-6H2,2-3H3/b9-8+.